The highest BCUT2D eigenvalue weighted by Gasteiger charge is 2.19. The number of piperidine rings is 1. The molecular weight excluding hydrogens is 259 g/mol. The Labute approximate surface area is 118 Å². The fourth-order valence-corrected chi connectivity index (χ4v) is 2.55. The SMILES string of the molecule is O=C(O)CCNC1CCN(Cc2ccccc2F)CC1. The van der Waals surface area contributed by atoms with Crippen molar-refractivity contribution >= 4 is 5.97 Å². The third-order valence-electron chi connectivity index (χ3n) is 3.71. The van der Waals surface area contributed by atoms with Crippen LogP contribution in [0.5, 0.6) is 0 Å². The number of halogens is 1. The molecule has 1 saturated heterocycles. The molecule has 0 amide bonds. The minimum atomic E-state index is -0.769. The Hall–Kier alpha value is -1.46. The van der Waals surface area contributed by atoms with Gasteiger partial charge in [-0.15, -0.1) is 0 Å². The van der Waals surface area contributed by atoms with Crippen molar-refractivity contribution in [3.63, 3.8) is 0 Å². The minimum Gasteiger partial charge on any atom is -0.481 e. The van der Waals surface area contributed by atoms with Crippen LogP contribution in [-0.4, -0.2) is 41.7 Å². The van der Waals surface area contributed by atoms with E-state index in [1.165, 1.54) is 6.07 Å². The van der Waals surface area contributed by atoms with E-state index in [-0.39, 0.29) is 12.2 Å². The number of benzene rings is 1. The molecule has 0 unspecified atom stereocenters. The average molecular weight is 280 g/mol. The zero-order valence-electron chi connectivity index (χ0n) is 11.5. The van der Waals surface area contributed by atoms with E-state index in [1.807, 2.05) is 12.1 Å². The van der Waals surface area contributed by atoms with Crippen molar-refractivity contribution in [2.45, 2.75) is 31.8 Å². The van der Waals surface area contributed by atoms with Crippen molar-refractivity contribution in [1.29, 1.82) is 0 Å². The van der Waals surface area contributed by atoms with Gasteiger partial charge in [-0.25, -0.2) is 4.39 Å². The monoisotopic (exact) mass is 280 g/mol. The second-order valence-electron chi connectivity index (χ2n) is 5.24. The number of carbonyl (C=O) groups is 1. The second-order valence-corrected chi connectivity index (χ2v) is 5.24. The quantitative estimate of drug-likeness (QED) is 0.835. The molecule has 4 nitrogen and oxygen atoms in total. The fraction of sp³-hybridized carbons (Fsp3) is 0.533. The van der Waals surface area contributed by atoms with Crippen LogP contribution in [0.3, 0.4) is 0 Å². The van der Waals surface area contributed by atoms with E-state index >= 15 is 0 Å². The summed E-state index contributed by atoms with van der Waals surface area (Å²) >= 11 is 0. The van der Waals surface area contributed by atoms with E-state index in [1.54, 1.807) is 6.07 Å². The average Bonchev–Trinajstić information content (AvgIpc) is 2.43. The van der Waals surface area contributed by atoms with Crippen LogP contribution in [0.25, 0.3) is 0 Å². The minimum absolute atomic E-state index is 0.144. The molecule has 0 bridgehead atoms. The topological polar surface area (TPSA) is 52.6 Å². The zero-order chi connectivity index (χ0) is 14.4. The van der Waals surface area contributed by atoms with Crippen LogP contribution in [0.1, 0.15) is 24.8 Å². The number of aliphatic carboxylic acids is 1. The van der Waals surface area contributed by atoms with E-state index < -0.39 is 5.97 Å². The number of hydrogen-bond acceptors (Lipinski definition) is 3. The van der Waals surface area contributed by atoms with Crippen molar-refractivity contribution in [2.75, 3.05) is 19.6 Å². The van der Waals surface area contributed by atoms with Crippen molar-refractivity contribution in [1.82, 2.24) is 10.2 Å². The molecule has 1 aromatic carbocycles. The Balaban J connectivity index is 1.72. The number of rotatable bonds is 6. The highest BCUT2D eigenvalue weighted by molar-refractivity contribution is 5.66. The fourth-order valence-electron chi connectivity index (χ4n) is 2.55. The van der Waals surface area contributed by atoms with E-state index in [0.29, 0.717) is 19.1 Å². The van der Waals surface area contributed by atoms with E-state index in [9.17, 15) is 9.18 Å². The highest BCUT2D eigenvalue weighted by Crippen LogP contribution is 2.15. The molecule has 0 aliphatic carbocycles. The molecule has 1 heterocycles. The van der Waals surface area contributed by atoms with Crippen molar-refractivity contribution in [3.05, 3.63) is 35.6 Å². The van der Waals surface area contributed by atoms with Crippen LogP contribution in [0.4, 0.5) is 4.39 Å². The summed E-state index contributed by atoms with van der Waals surface area (Å²) in [6, 6.07) is 7.27. The first-order valence-electron chi connectivity index (χ1n) is 7.06. The van der Waals surface area contributed by atoms with E-state index in [0.717, 1.165) is 31.5 Å². The lowest BCUT2D eigenvalue weighted by Crippen LogP contribution is -2.42. The molecule has 0 atom stereocenters. The summed E-state index contributed by atoms with van der Waals surface area (Å²) < 4.78 is 13.6. The maximum Gasteiger partial charge on any atom is 0.304 e. The van der Waals surface area contributed by atoms with E-state index in [4.69, 9.17) is 5.11 Å². The molecular formula is C15H21FN2O2. The Kier molecular flexibility index (Phi) is 5.49. The molecule has 2 N–H and O–H groups in total. The summed E-state index contributed by atoms with van der Waals surface area (Å²) in [5, 5.41) is 11.9. The molecule has 1 fully saturated rings. The van der Waals surface area contributed by atoms with Gasteiger partial charge in [-0.1, -0.05) is 18.2 Å². The molecule has 1 aromatic rings. The Morgan fingerprint density at radius 3 is 2.70 bits per heavy atom. The number of carboxylic acid groups (broad SMARTS) is 1. The predicted octanol–water partition coefficient (Wildman–Crippen LogP) is 1.85. The van der Waals surface area contributed by atoms with Crippen molar-refractivity contribution < 1.29 is 14.3 Å². The number of carboxylic acids is 1. The highest BCUT2D eigenvalue weighted by atomic mass is 19.1. The first-order valence-corrected chi connectivity index (χ1v) is 7.06. The Morgan fingerprint density at radius 2 is 2.05 bits per heavy atom. The first-order chi connectivity index (χ1) is 9.65. The van der Waals surface area contributed by atoms with Gasteiger partial charge in [0.2, 0.25) is 0 Å². The van der Waals surface area contributed by atoms with Gasteiger partial charge < -0.3 is 10.4 Å². The summed E-state index contributed by atoms with van der Waals surface area (Å²) in [6.45, 7) is 3.00. The summed E-state index contributed by atoms with van der Waals surface area (Å²) in [6.07, 6.45) is 2.12. The molecule has 0 radical (unpaired) electrons. The third kappa shape index (κ3) is 4.58. The van der Waals surface area contributed by atoms with Gasteiger partial charge in [0.25, 0.3) is 0 Å². The summed E-state index contributed by atoms with van der Waals surface area (Å²) in [7, 11) is 0. The van der Waals surface area contributed by atoms with Crippen LogP contribution >= 0.6 is 0 Å². The number of hydrogen-bond donors (Lipinski definition) is 2. The largest absolute Gasteiger partial charge is 0.481 e. The first kappa shape index (κ1) is 14.9. The lowest BCUT2D eigenvalue weighted by atomic mass is 10.0. The number of likely N-dealkylation sites (tertiary alicyclic amines) is 1. The van der Waals surface area contributed by atoms with Gasteiger partial charge >= 0.3 is 5.97 Å². The molecule has 1 aliphatic heterocycles. The molecule has 2 rings (SSSR count). The summed E-state index contributed by atoms with van der Waals surface area (Å²) in [5.41, 5.74) is 0.741. The molecule has 0 aromatic heterocycles. The van der Waals surface area contributed by atoms with E-state index in [2.05, 4.69) is 10.2 Å². The van der Waals surface area contributed by atoms with Crippen molar-refractivity contribution in [3.8, 4) is 0 Å². The van der Waals surface area contributed by atoms with Gasteiger partial charge in [0.1, 0.15) is 5.82 Å². The Morgan fingerprint density at radius 1 is 1.35 bits per heavy atom. The van der Waals surface area contributed by atoms with Gasteiger partial charge in [-0.2, -0.15) is 0 Å². The lowest BCUT2D eigenvalue weighted by Gasteiger charge is -2.32. The van der Waals surface area contributed by atoms with Crippen LogP contribution in [0.2, 0.25) is 0 Å². The van der Waals surface area contributed by atoms with Crippen LogP contribution in [-0.2, 0) is 11.3 Å². The van der Waals surface area contributed by atoms with Crippen LogP contribution in [0.15, 0.2) is 24.3 Å². The molecule has 1 aliphatic rings. The van der Waals surface area contributed by atoms with Gasteiger partial charge in [0.05, 0.1) is 6.42 Å². The van der Waals surface area contributed by atoms with Gasteiger partial charge in [-0.05, 0) is 32.0 Å². The van der Waals surface area contributed by atoms with Crippen molar-refractivity contribution in [2.24, 2.45) is 0 Å². The molecule has 110 valence electrons. The number of nitrogens with zero attached hydrogens (tertiary/aromatic N) is 1. The predicted molar refractivity (Wildman–Crippen MR) is 75.0 cm³/mol. The van der Waals surface area contributed by atoms with Crippen LogP contribution in [0, 0.1) is 5.82 Å². The van der Waals surface area contributed by atoms with Gasteiger partial charge in [-0.3, -0.25) is 9.69 Å². The lowest BCUT2D eigenvalue weighted by molar-refractivity contribution is -0.136. The van der Waals surface area contributed by atoms with Gasteiger partial charge in [0.15, 0.2) is 0 Å². The standard InChI is InChI=1S/C15H21FN2O2/c16-14-4-2-1-3-12(14)11-18-9-6-13(7-10-18)17-8-5-15(19)20/h1-4,13,17H,5-11H2,(H,19,20). The smallest absolute Gasteiger partial charge is 0.304 e. The third-order valence-corrected chi connectivity index (χ3v) is 3.71. The van der Waals surface area contributed by atoms with Gasteiger partial charge in [0, 0.05) is 24.7 Å². The zero-order valence-corrected chi connectivity index (χ0v) is 11.5. The number of nitrogens with one attached hydrogen (secondary N) is 1. The second kappa shape index (κ2) is 7.36. The normalized spacial score (nSPS) is 17.2. The molecule has 20 heavy (non-hydrogen) atoms. The van der Waals surface area contributed by atoms with Crippen LogP contribution < -0.4 is 5.32 Å². The molecule has 5 heteroatoms. The Bertz CT molecular complexity index is 445. The molecule has 0 spiro atoms. The molecule has 0 saturated carbocycles. The summed E-state index contributed by atoms with van der Waals surface area (Å²) in [4.78, 5) is 12.7. The maximum atomic E-state index is 13.6. The maximum absolute atomic E-state index is 13.6. The summed E-state index contributed by atoms with van der Waals surface area (Å²) in [5.74, 6) is -0.913.